The Hall–Kier alpha value is -1.74. The van der Waals surface area contributed by atoms with Gasteiger partial charge in [0.05, 0.1) is 4.47 Å². The van der Waals surface area contributed by atoms with Crippen molar-refractivity contribution in [3.8, 4) is 0 Å². The van der Waals surface area contributed by atoms with Gasteiger partial charge < -0.3 is 0 Å². The highest BCUT2D eigenvalue weighted by Crippen LogP contribution is 2.28. The number of Topliss-reactive ketones (excluding diaryl/α,β-unsaturated/α-hetero) is 1. The molecule has 0 spiro atoms. The van der Waals surface area contributed by atoms with Crippen molar-refractivity contribution in [1.82, 2.24) is 0 Å². The highest BCUT2D eigenvalue weighted by molar-refractivity contribution is 9.10. The normalized spacial score (nSPS) is 15.9. The topological polar surface area (TPSA) is 17.1 Å². The van der Waals surface area contributed by atoms with Gasteiger partial charge in [-0.05, 0) is 45.3 Å². The van der Waals surface area contributed by atoms with E-state index >= 15 is 0 Å². The summed E-state index contributed by atoms with van der Waals surface area (Å²) in [4.78, 5) is 12.2. The summed E-state index contributed by atoms with van der Waals surface area (Å²) in [6.07, 6.45) is 2.47. The molecule has 3 heteroatoms. The molecule has 1 aliphatic carbocycles. The van der Waals surface area contributed by atoms with Crippen molar-refractivity contribution in [3.05, 3.63) is 75.0 Å². The van der Waals surface area contributed by atoms with Crippen LogP contribution in [0.15, 0.2) is 52.5 Å². The smallest absolute Gasteiger partial charge is 0.189 e. The van der Waals surface area contributed by atoms with E-state index in [1.165, 1.54) is 6.07 Å². The summed E-state index contributed by atoms with van der Waals surface area (Å²) in [5, 5.41) is 0. The maximum atomic E-state index is 13.2. The molecule has 0 atom stereocenters. The van der Waals surface area contributed by atoms with E-state index in [0.717, 1.165) is 22.3 Å². The van der Waals surface area contributed by atoms with Crippen LogP contribution in [0.2, 0.25) is 0 Å². The van der Waals surface area contributed by atoms with Crippen LogP contribution in [0.5, 0.6) is 0 Å². The molecule has 3 rings (SSSR count). The Morgan fingerprint density at radius 3 is 2.68 bits per heavy atom. The lowest BCUT2D eigenvalue weighted by Crippen LogP contribution is -1.95. The summed E-state index contributed by atoms with van der Waals surface area (Å²) in [5.74, 6) is -0.237. The first-order valence-corrected chi connectivity index (χ1v) is 6.72. The van der Waals surface area contributed by atoms with Crippen molar-refractivity contribution in [2.75, 3.05) is 0 Å². The molecular formula is C16H10BrFO. The van der Waals surface area contributed by atoms with Crippen LogP contribution < -0.4 is 0 Å². The molecule has 0 amide bonds. The fourth-order valence-corrected chi connectivity index (χ4v) is 2.67. The van der Waals surface area contributed by atoms with Crippen LogP contribution >= 0.6 is 15.9 Å². The van der Waals surface area contributed by atoms with Crippen molar-refractivity contribution in [2.45, 2.75) is 6.42 Å². The zero-order valence-electron chi connectivity index (χ0n) is 9.99. The van der Waals surface area contributed by atoms with E-state index in [1.807, 2.05) is 30.3 Å². The molecule has 0 unspecified atom stereocenters. The van der Waals surface area contributed by atoms with E-state index in [9.17, 15) is 9.18 Å². The molecular weight excluding hydrogens is 307 g/mol. The molecule has 2 aromatic rings. The van der Waals surface area contributed by atoms with Crippen molar-refractivity contribution >= 4 is 27.8 Å². The van der Waals surface area contributed by atoms with Gasteiger partial charge in [0, 0.05) is 17.6 Å². The van der Waals surface area contributed by atoms with E-state index in [1.54, 1.807) is 12.1 Å². The van der Waals surface area contributed by atoms with Crippen LogP contribution in [-0.2, 0) is 6.42 Å². The summed E-state index contributed by atoms with van der Waals surface area (Å²) in [5.41, 5.74) is 3.40. The predicted molar refractivity (Wildman–Crippen MR) is 76.6 cm³/mol. The van der Waals surface area contributed by atoms with Gasteiger partial charge in [-0.3, -0.25) is 4.79 Å². The van der Waals surface area contributed by atoms with E-state index < -0.39 is 0 Å². The van der Waals surface area contributed by atoms with Gasteiger partial charge in [-0.25, -0.2) is 4.39 Å². The number of benzene rings is 2. The van der Waals surface area contributed by atoms with E-state index in [4.69, 9.17) is 0 Å². The van der Waals surface area contributed by atoms with Crippen LogP contribution in [0.3, 0.4) is 0 Å². The van der Waals surface area contributed by atoms with Gasteiger partial charge in [-0.15, -0.1) is 0 Å². The maximum Gasteiger partial charge on any atom is 0.189 e. The SMILES string of the molecule is O=C1/C(=C/c2ccc(F)c(Br)c2)Cc2ccccc21. The van der Waals surface area contributed by atoms with E-state index in [0.29, 0.717) is 10.9 Å². The molecule has 0 radical (unpaired) electrons. The van der Waals surface area contributed by atoms with Gasteiger partial charge in [0.1, 0.15) is 5.82 Å². The van der Waals surface area contributed by atoms with Gasteiger partial charge in [0.15, 0.2) is 5.78 Å². The van der Waals surface area contributed by atoms with Gasteiger partial charge in [0.25, 0.3) is 0 Å². The van der Waals surface area contributed by atoms with Gasteiger partial charge in [-0.2, -0.15) is 0 Å². The minimum Gasteiger partial charge on any atom is -0.289 e. The summed E-state index contributed by atoms with van der Waals surface area (Å²) >= 11 is 3.15. The quantitative estimate of drug-likeness (QED) is 0.712. The third-order valence-electron chi connectivity index (χ3n) is 3.22. The second kappa shape index (κ2) is 4.74. The lowest BCUT2D eigenvalue weighted by molar-refractivity contribution is 0.104. The predicted octanol–water partition coefficient (Wildman–Crippen LogP) is 4.41. The molecule has 0 aliphatic heterocycles. The second-order valence-corrected chi connectivity index (χ2v) is 5.36. The summed E-state index contributed by atoms with van der Waals surface area (Å²) in [6, 6.07) is 12.4. The van der Waals surface area contributed by atoms with Crippen LogP contribution in [0.25, 0.3) is 6.08 Å². The Bertz CT molecular complexity index is 704. The Balaban J connectivity index is 1.98. The monoisotopic (exact) mass is 316 g/mol. The number of fused-ring (bicyclic) bond motifs is 1. The first kappa shape index (κ1) is 12.3. The number of hydrogen-bond donors (Lipinski definition) is 0. The molecule has 0 bridgehead atoms. The van der Waals surface area contributed by atoms with Crippen LogP contribution in [0.1, 0.15) is 21.5 Å². The number of carbonyl (C=O) groups excluding carboxylic acids is 1. The highest BCUT2D eigenvalue weighted by Gasteiger charge is 2.23. The number of hydrogen-bond acceptors (Lipinski definition) is 1. The maximum absolute atomic E-state index is 13.2. The zero-order valence-corrected chi connectivity index (χ0v) is 11.6. The lowest BCUT2D eigenvalue weighted by atomic mass is 10.1. The molecule has 19 heavy (non-hydrogen) atoms. The van der Waals surface area contributed by atoms with Gasteiger partial charge in [-0.1, -0.05) is 30.3 Å². The van der Waals surface area contributed by atoms with E-state index in [2.05, 4.69) is 15.9 Å². The summed E-state index contributed by atoms with van der Waals surface area (Å²) in [7, 11) is 0. The van der Waals surface area contributed by atoms with Crippen LogP contribution in [0.4, 0.5) is 4.39 Å². The largest absolute Gasteiger partial charge is 0.289 e. The fourth-order valence-electron chi connectivity index (χ4n) is 2.27. The number of halogens is 2. The first-order valence-electron chi connectivity index (χ1n) is 5.93. The zero-order chi connectivity index (χ0) is 13.4. The molecule has 0 saturated heterocycles. The minimum absolute atomic E-state index is 0.0658. The Morgan fingerprint density at radius 2 is 1.95 bits per heavy atom. The summed E-state index contributed by atoms with van der Waals surface area (Å²) in [6.45, 7) is 0. The Labute approximate surface area is 118 Å². The molecule has 0 N–H and O–H groups in total. The number of rotatable bonds is 1. The average molecular weight is 317 g/mol. The van der Waals surface area contributed by atoms with Crippen LogP contribution in [0, 0.1) is 5.82 Å². The molecule has 2 aromatic carbocycles. The van der Waals surface area contributed by atoms with Crippen molar-refractivity contribution in [3.63, 3.8) is 0 Å². The second-order valence-electron chi connectivity index (χ2n) is 4.51. The molecule has 0 heterocycles. The van der Waals surface area contributed by atoms with Gasteiger partial charge in [0.2, 0.25) is 0 Å². The number of allylic oxidation sites excluding steroid dienone is 1. The average Bonchev–Trinajstić information content (AvgIpc) is 2.72. The Kier molecular flexibility index (Phi) is 3.07. The van der Waals surface area contributed by atoms with Crippen molar-refractivity contribution in [1.29, 1.82) is 0 Å². The number of ketones is 1. The van der Waals surface area contributed by atoms with Gasteiger partial charge >= 0.3 is 0 Å². The Morgan fingerprint density at radius 1 is 1.16 bits per heavy atom. The van der Waals surface area contributed by atoms with Crippen LogP contribution in [-0.4, -0.2) is 5.78 Å². The number of carbonyl (C=O) groups is 1. The highest BCUT2D eigenvalue weighted by atomic mass is 79.9. The molecule has 0 saturated carbocycles. The molecule has 0 fully saturated rings. The summed E-state index contributed by atoms with van der Waals surface area (Å²) < 4.78 is 13.6. The lowest BCUT2D eigenvalue weighted by Gasteiger charge is -1.99. The van der Waals surface area contributed by atoms with Crippen molar-refractivity contribution in [2.24, 2.45) is 0 Å². The molecule has 0 aromatic heterocycles. The first-order chi connectivity index (χ1) is 9.15. The molecule has 1 aliphatic rings. The third kappa shape index (κ3) is 2.26. The minimum atomic E-state index is -0.303. The van der Waals surface area contributed by atoms with Crippen molar-refractivity contribution < 1.29 is 9.18 Å². The molecule has 1 nitrogen and oxygen atoms in total. The molecule has 94 valence electrons. The fraction of sp³-hybridized carbons (Fsp3) is 0.0625. The standard InChI is InChI=1S/C16H10BrFO/c17-14-8-10(5-6-15(14)18)7-12-9-11-3-1-2-4-13(11)16(12)19/h1-8H,9H2/b12-7+. The third-order valence-corrected chi connectivity index (χ3v) is 3.83. The van der Waals surface area contributed by atoms with E-state index in [-0.39, 0.29) is 11.6 Å².